The van der Waals surface area contributed by atoms with Crippen molar-refractivity contribution in [1.29, 1.82) is 0 Å². The van der Waals surface area contributed by atoms with E-state index in [-0.39, 0.29) is 5.91 Å². The van der Waals surface area contributed by atoms with Crippen LogP contribution in [0.5, 0.6) is 0 Å². The molecule has 13 heavy (non-hydrogen) atoms. The Morgan fingerprint density at radius 2 is 2.08 bits per heavy atom. The molecule has 2 saturated carbocycles. The zero-order chi connectivity index (χ0) is 9.26. The van der Waals surface area contributed by atoms with E-state index in [1.54, 1.807) is 0 Å². The van der Waals surface area contributed by atoms with E-state index >= 15 is 0 Å². The van der Waals surface area contributed by atoms with Gasteiger partial charge < -0.3 is 10.2 Å². The molecule has 2 rings (SSSR count). The summed E-state index contributed by atoms with van der Waals surface area (Å²) in [5.41, 5.74) is 0. The molecule has 0 aromatic carbocycles. The van der Waals surface area contributed by atoms with E-state index in [0.29, 0.717) is 5.92 Å². The van der Waals surface area contributed by atoms with E-state index in [2.05, 4.69) is 17.3 Å². The van der Waals surface area contributed by atoms with E-state index in [1.807, 2.05) is 0 Å². The highest BCUT2D eigenvalue weighted by Gasteiger charge is 2.29. The van der Waals surface area contributed by atoms with Crippen LogP contribution in [-0.2, 0) is 4.79 Å². The van der Waals surface area contributed by atoms with Gasteiger partial charge in [0, 0.05) is 25.0 Å². The lowest BCUT2D eigenvalue weighted by molar-refractivity contribution is -0.122. The van der Waals surface area contributed by atoms with Crippen LogP contribution < -0.4 is 5.32 Å². The maximum atomic E-state index is 11.2. The maximum Gasteiger partial charge on any atom is 0.223 e. The lowest BCUT2D eigenvalue weighted by atomic mass is 10.4. The minimum absolute atomic E-state index is 0.268. The first-order valence-corrected chi connectivity index (χ1v) is 5.25. The van der Waals surface area contributed by atoms with E-state index in [4.69, 9.17) is 0 Å². The van der Waals surface area contributed by atoms with Crippen LogP contribution in [0.2, 0.25) is 0 Å². The van der Waals surface area contributed by atoms with Gasteiger partial charge in [-0.05, 0) is 32.7 Å². The Kier molecular flexibility index (Phi) is 2.54. The van der Waals surface area contributed by atoms with Crippen LogP contribution in [0.15, 0.2) is 0 Å². The van der Waals surface area contributed by atoms with Gasteiger partial charge >= 0.3 is 0 Å². The summed E-state index contributed by atoms with van der Waals surface area (Å²) in [4.78, 5) is 13.6. The predicted octanol–water partition coefficient (Wildman–Crippen LogP) is 0.607. The maximum absolute atomic E-state index is 11.2. The second-order valence-electron chi connectivity index (χ2n) is 4.28. The van der Waals surface area contributed by atoms with Crippen LogP contribution in [0.1, 0.15) is 25.7 Å². The lowest BCUT2D eigenvalue weighted by Crippen LogP contribution is -2.34. The molecule has 0 saturated heterocycles. The Morgan fingerprint density at radius 3 is 2.62 bits per heavy atom. The van der Waals surface area contributed by atoms with Crippen LogP contribution in [-0.4, -0.2) is 37.0 Å². The highest BCUT2D eigenvalue weighted by molar-refractivity contribution is 5.80. The minimum atomic E-state index is 0.268. The van der Waals surface area contributed by atoms with Gasteiger partial charge in [0.25, 0.3) is 0 Å². The van der Waals surface area contributed by atoms with Crippen molar-refractivity contribution in [1.82, 2.24) is 10.2 Å². The van der Waals surface area contributed by atoms with Crippen molar-refractivity contribution in [3.05, 3.63) is 0 Å². The highest BCUT2D eigenvalue weighted by Crippen LogP contribution is 2.28. The molecule has 0 aromatic heterocycles. The smallest absolute Gasteiger partial charge is 0.223 e. The zero-order valence-electron chi connectivity index (χ0n) is 8.25. The molecule has 1 amide bonds. The van der Waals surface area contributed by atoms with E-state index in [9.17, 15) is 4.79 Å². The number of rotatable bonds is 5. The van der Waals surface area contributed by atoms with Gasteiger partial charge in [-0.2, -0.15) is 0 Å². The number of nitrogens with zero attached hydrogens (tertiary/aromatic N) is 1. The zero-order valence-corrected chi connectivity index (χ0v) is 8.25. The van der Waals surface area contributed by atoms with Crippen LogP contribution in [0, 0.1) is 5.92 Å². The van der Waals surface area contributed by atoms with Crippen molar-refractivity contribution in [2.75, 3.05) is 20.1 Å². The molecule has 0 aliphatic heterocycles. The van der Waals surface area contributed by atoms with E-state index in [1.165, 1.54) is 12.8 Å². The number of nitrogens with one attached hydrogen (secondary N) is 1. The predicted molar refractivity (Wildman–Crippen MR) is 51.4 cm³/mol. The molecule has 2 aliphatic carbocycles. The molecule has 2 fully saturated rings. The number of carbonyl (C=O) groups excluding carboxylic acids is 1. The van der Waals surface area contributed by atoms with Crippen molar-refractivity contribution in [2.45, 2.75) is 31.7 Å². The first-order valence-electron chi connectivity index (χ1n) is 5.25. The number of likely N-dealkylation sites (N-methyl/N-ethyl adjacent to an activating group) is 1. The summed E-state index contributed by atoms with van der Waals surface area (Å²) in [6, 6.07) is 0.804. The first kappa shape index (κ1) is 9.00. The fourth-order valence-corrected chi connectivity index (χ4v) is 1.54. The average Bonchev–Trinajstić information content (AvgIpc) is 2.95. The molecule has 0 aromatic rings. The first-order chi connectivity index (χ1) is 6.27. The van der Waals surface area contributed by atoms with Crippen molar-refractivity contribution in [3.63, 3.8) is 0 Å². The average molecular weight is 182 g/mol. The number of hydrogen-bond donors (Lipinski definition) is 1. The monoisotopic (exact) mass is 182 g/mol. The summed E-state index contributed by atoms with van der Waals surface area (Å²) in [6.45, 7) is 1.82. The van der Waals surface area contributed by atoms with Gasteiger partial charge in [-0.15, -0.1) is 0 Å². The van der Waals surface area contributed by atoms with Gasteiger partial charge in [-0.25, -0.2) is 0 Å². The number of hydrogen-bond acceptors (Lipinski definition) is 2. The normalized spacial score (nSPS) is 22.0. The summed E-state index contributed by atoms with van der Waals surface area (Å²) in [6.07, 6.45) is 4.88. The third-order valence-electron chi connectivity index (χ3n) is 2.88. The van der Waals surface area contributed by atoms with Gasteiger partial charge in [0.15, 0.2) is 0 Å². The molecule has 2 aliphatic rings. The molecule has 0 spiro atoms. The Balaban J connectivity index is 1.54. The van der Waals surface area contributed by atoms with Crippen molar-refractivity contribution in [2.24, 2.45) is 5.92 Å². The molecule has 0 heterocycles. The molecule has 3 nitrogen and oxygen atoms in total. The quantitative estimate of drug-likeness (QED) is 0.675. The van der Waals surface area contributed by atoms with Gasteiger partial charge in [0.1, 0.15) is 0 Å². The Hall–Kier alpha value is -0.570. The Labute approximate surface area is 79.5 Å². The fourth-order valence-electron chi connectivity index (χ4n) is 1.54. The molecule has 3 heteroatoms. The molecule has 0 atom stereocenters. The SMILES string of the molecule is CN(CCNC(=O)C1CC1)C1CC1. The van der Waals surface area contributed by atoms with Crippen LogP contribution in [0.3, 0.4) is 0 Å². The van der Waals surface area contributed by atoms with Crippen molar-refractivity contribution in [3.8, 4) is 0 Å². The summed E-state index contributed by atoms with van der Waals surface area (Å²) < 4.78 is 0. The molecular weight excluding hydrogens is 164 g/mol. The molecule has 0 bridgehead atoms. The van der Waals surface area contributed by atoms with E-state index in [0.717, 1.165) is 32.0 Å². The Morgan fingerprint density at radius 1 is 1.38 bits per heavy atom. The minimum Gasteiger partial charge on any atom is -0.355 e. The molecule has 1 N–H and O–H groups in total. The van der Waals surface area contributed by atoms with Gasteiger partial charge in [-0.3, -0.25) is 4.79 Å². The standard InChI is InChI=1S/C10H18N2O/c1-12(9-4-5-9)7-6-11-10(13)8-2-3-8/h8-9H,2-7H2,1H3,(H,11,13). The van der Waals surface area contributed by atoms with Gasteiger partial charge in [0.05, 0.1) is 0 Å². The van der Waals surface area contributed by atoms with Crippen molar-refractivity contribution >= 4 is 5.91 Å². The van der Waals surface area contributed by atoms with Crippen molar-refractivity contribution < 1.29 is 4.79 Å². The van der Waals surface area contributed by atoms with Crippen LogP contribution in [0.25, 0.3) is 0 Å². The number of amides is 1. The molecule has 0 radical (unpaired) electrons. The van der Waals surface area contributed by atoms with E-state index < -0.39 is 0 Å². The molecule has 0 unspecified atom stereocenters. The topological polar surface area (TPSA) is 32.3 Å². The lowest BCUT2D eigenvalue weighted by Gasteiger charge is -2.15. The molecular formula is C10H18N2O. The van der Waals surface area contributed by atoms with Gasteiger partial charge in [-0.1, -0.05) is 0 Å². The third kappa shape index (κ3) is 2.69. The summed E-state index contributed by atoms with van der Waals surface area (Å²) >= 11 is 0. The fraction of sp³-hybridized carbons (Fsp3) is 0.900. The Bertz CT molecular complexity index is 197. The third-order valence-corrected chi connectivity index (χ3v) is 2.88. The van der Waals surface area contributed by atoms with Gasteiger partial charge in [0.2, 0.25) is 5.91 Å². The molecule has 74 valence electrons. The largest absolute Gasteiger partial charge is 0.355 e. The highest BCUT2D eigenvalue weighted by atomic mass is 16.2. The summed E-state index contributed by atoms with van der Waals surface area (Å²) in [7, 11) is 2.14. The summed E-state index contributed by atoms with van der Waals surface area (Å²) in [5, 5.41) is 2.98. The summed E-state index contributed by atoms with van der Waals surface area (Å²) in [5.74, 6) is 0.621. The number of carbonyl (C=O) groups is 1. The van der Waals surface area contributed by atoms with Crippen LogP contribution in [0.4, 0.5) is 0 Å². The second kappa shape index (κ2) is 3.66. The second-order valence-corrected chi connectivity index (χ2v) is 4.28. The van der Waals surface area contributed by atoms with Crippen LogP contribution >= 0.6 is 0 Å².